The summed E-state index contributed by atoms with van der Waals surface area (Å²) in [6.45, 7) is 6.56. The summed E-state index contributed by atoms with van der Waals surface area (Å²) in [6, 6.07) is 8.23. The van der Waals surface area contributed by atoms with Gasteiger partial charge in [-0.15, -0.1) is 11.3 Å². The van der Waals surface area contributed by atoms with Gasteiger partial charge in [-0.3, -0.25) is 0 Å². The molecule has 4 heteroatoms. The van der Waals surface area contributed by atoms with Crippen LogP contribution in [0.5, 0.6) is 5.75 Å². The molecule has 0 spiro atoms. The van der Waals surface area contributed by atoms with Gasteiger partial charge in [0, 0.05) is 30.6 Å². The monoisotopic (exact) mass is 276 g/mol. The highest BCUT2D eigenvalue weighted by Gasteiger charge is 1.99. The fraction of sp³-hybridized carbons (Fsp3) is 0.400. The van der Waals surface area contributed by atoms with Gasteiger partial charge in [-0.05, 0) is 31.5 Å². The Morgan fingerprint density at radius 1 is 1.37 bits per heavy atom. The largest absolute Gasteiger partial charge is 0.494 e. The number of nitrogens with zero attached hydrogens (tertiary/aromatic N) is 1. The first-order valence-corrected chi connectivity index (χ1v) is 7.49. The van der Waals surface area contributed by atoms with E-state index in [0.717, 1.165) is 31.0 Å². The SMILES string of the molecule is CCOc1cccc(CNCCc2nc(C)cs2)c1. The summed E-state index contributed by atoms with van der Waals surface area (Å²) in [5.41, 5.74) is 2.37. The highest BCUT2D eigenvalue weighted by atomic mass is 32.1. The van der Waals surface area contributed by atoms with Crippen LogP contribution in [-0.2, 0) is 13.0 Å². The summed E-state index contributed by atoms with van der Waals surface area (Å²) in [5.74, 6) is 0.942. The second-order valence-corrected chi connectivity index (χ2v) is 5.33. The average molecular weight is 276 g/mol. The first kappa shape index (κ1) is 14.0. The molecule has 0 bridgehead atoms. The second-order valence-electron chi connectivity index (χ2n) is 4.39. The molecule has 0 aliphatic carbocycles. The summed E-state index contributed by atoms with van der Waals surface area (Å²) in [7, 11) is 0. The lowest BCUT2D eigenvalue weighted by molar-refractivity contribution is 0.340. The van der Waals surface area contributed by atoms with Crippen LogP contribution in [0.25, 0.3) is 0 Å². The van der Waals surface area contributed by atoms with E-state index < -0.39 is 0 Å². The molecule has 102 valence electrons. The zero-order chi connectivity index (χ0) is 13.5. The molecule has 3 nitrogen and oxygen atoms in total. The molecule has 0 atom stereocenters. The molecule has 0 amide bonds. The van der Waals surface area contributed by atoms with E-state index in [9.17, 15) is 0 Å². The molecule has 0 unspecified atom stereocenters. The zero-order valence-corrected chi connectivity index (χ0v) is 12.3. The van der Waals surface area contributed by atoms with Gasteiger partial charge >= 0.3 is 0 Å². The van der Waals surface area contributed by atoms with Crippen LogP contribution < -0.4 is 10.1 Å². The number of hydrogen-bond donors (Lipinski definition) is 1. The molecule has 1 N–H and O–H groups in total. The van der Waals surface area contributed by atoms with E-state index >= 15 is 0 Å². The number of ether oxygens (including phenoxy) is 1. The number of thiazole rings is 1. The molecular weight excluding hydrogens is 256 g/mol. The van der Waals surface area contributed by atoms with Crippen LogP contribution in [-0.4, -0.2) is 18.1 Å². The lowest BCUT2D eigenvalue weighted by Gasteiger charge is -2.07. The standard InChI is InChI=1S/C15H20N2OS/c1-3-18-14-6-4-5-13(9-14)10-16-8-7-15-17-12(2)11-19-15/h4-6,9,11,16H,3,7-8,10H2,1-2H3. The van der Waals surface area contributed by atoms with E-state index in [1.54, 1.807) is 11.3 Å². The Bertz CT molecular complexity index is 510. The van der Waals surface area contributed by atoms with Gasteiger partial charge in [0.1, 0.15) is 5.75 Å². The molecule has 19 heavy (non-hydrogen) atoms. The maximum atomic E-state index is 5.49. The van der Waals surface area contributed by atoms with Crippen molar-refractivity contribution in [3.63, 3.8) is 0 Å². The van der Waals surface area contributed by atoms with Gasteiger partial charge in [0.05, 0.1) is 11.6 Å². The van der Waals surface area contributed by atoms with Crippen LogP contribution in [0.2, 0.25) is 0 Å². The van der Waals surface area contributed by atoms with Crippen molar-refractivity contribution in [2.75, 3.05) is 13.2 Å². The van der Waals surface area contributed by atoms with E-state index in [4.69, 9.17) is 4.74 Å². The fourth-order valence-corrected chi connectivity index (χ4v) is 2.63. The highest BCUT2D eigenvalue weighted by Crippen LogP contribution is 2.13. The summed E-state index contributed by atoms with van der Waals surface area (Å²) >= 11 is 1.73. The first-order chi connectivity index (χ1) is 9.28. The molecule has 1 aromatic heterocycles. The Balaban J connectivity index is 1.74. The van der Waals surface area contributed by atoms with E-state index in [1.807, 2.05) is 26.0 Å². The number of aryl methyl sites for hydroxylation is 1. The topological polar surface area (TPSA) is 34.1 Å². The van der Waals surface area contributed by atoms with Gasteiger partial charge in [-0.1, -0.05) is 12.1 Å². The van der Waals surface area contributed by atoms with E-state index in [1.165, 1.54) is 10.6 Å². The molecule has 2 rings (SSSR count). The van der Waals surface area contributed by atoms with Crippen molar-refractivity contribution in [1.29, 1.82) is 0 Å². The van der Waals surface area contributed by atoms with E-state index in [0.29, 0.717) is 6.61 Å². The number of rotatable bonds is 7. The summed E-state index contributed by atoms with van der Waals surface area (Å²) in [6.07, 6.45) is 0.990. The second kappa shape index (κ2) is 7.26. The van der Waals surface area contributed by atoms with Gasteiger partial charge in [-0.25, -0.2) is 4.98 Å². The minimum absolute atomic E-state index is 0.709. The molecular formula is C15H20N2OS. The predicted molar refractivity (Wildman–Crippen MR) is 79.9 cm³/mol. The van der Waals surface area contributed by atoms with Crippen LogP contribution in [0.1, 0.15) is 23.2 Å². The lowest BCUT2D eigenvalue weighted by Crippen LogP contribution is -2.16. The first-order valence-electron chi connectivity index (χ1n) is 6.61. The van der Waals surface area contributed by atoms with Crippen molar-refractivity contribution < 1.29 is 4.74 Å². The molecule has 1 aromatic carbocycles. The van der Waals surface area contributed by atoms with Crippen molar-refractivity contribution in [3.8, 4) is 5.75 Å². The smallest absolute Gasteiger partial charge is 0.119 e. The van der Waals surface area contributed by atoms with Crippen LogP contribution >= 0.6 is 11.3 Å². The van der Waals surface area contributed by atoms with Crippen molar-refractivity contribution in [2.24, 2.45) is 0 Å². The van der Waals surface area contributed by atoms with Crippen molar-refractivity contribution in [3.05, 3.63) is 45.9 Å². The van der Waals surface area contributed by atoms with Gasteiger partial charge in [0.15, 0.2) is 0 Å². The number of aromatic nitrogens is 1. The lowest BCUT2D eigenvalue weighted by atomic mass is 10.2. The van der Waals surface area contributed by atoms with Gasteiger partial charge in [-0.2, -0.15) is 0 Å². The van der Waals surface area contributed by atoms with Gasteiger partial charge in [0.2, 0.25) is 0 Å². The minimum Gasteiger partial charge on any atom is -0.494 e. The highest BCUT2D eigenvalue weighted by molar-refractivity contribution is 7.09. The third-order valence-electron chi connectivity index (χ3n) is 2.72. The Morgan fingerprint density at radius 3 is 3.00 bits per heavy atom. The molecule has 0 saturated heterocycles. The maximum absolute atomic E-state index is 5.49. The number of hydrogen-bond acceptors (Lipinski definition) is 4. The molecule has 0 radical (unpaired) electrons. The Hall–Kier alpha value is -1.39. The van der Waals surface area contributed by atoms with Gasteiger partial charge in [0.25, 0.3) is 0 Å². The summed E-state index contributed by atoms with van der Waals surface area (Å²) in [4.78, 5) is 4.45. The Kier molecular flexibility index (Phi) is 5.36. The van der Waals surface area contributed by atoms with Crippen LogP contribution in [0.4, 0.5) is 0 Å². The molecule has 1 heterocycles. The van der Waals surface area contributed by atoms with Gasteiger partial charge < -0.3 is 10.1 Å². The predicted octanol–water partition coefficient (Wildman–Crippen LogP) is 3.18. The van der Waals surface area contributed by atoms with Crippen LogP contribution in [0.3, 0.4) is 0 Å². The van der Waals surface area contributed by atoms with Crippen molar-refractivity contribution >= 4 is 11.3 Å². The number of nitrogens with one attached hydrogen (secondary N) is 1. The third kappa shape index (κ3) is 4.65. The quantitative estimate of drug-likeness (QED) is 0.789. The van der Waals surface area contributed by atoms with Crippen LogP contribution in [0, 0.1) is 6.92 Å². The minimum atomic E-state index is 0.709. The number of benzene rings is 1. The van der Waals surface area contributed by atoms with Crippen LogP contribution in [0.15, 0.2) is 29.6 Å². The zero-order valence-electron chi connectivity index (χ0n) is 11.5. The maximum Gasteiger partial charge on any atom is 0.119 e. The molecule has 0 fully saturated rings. The normalized spacial score (nSPS) is 10.6. The third-order valence-corrected chi connectivity index (χ3v) is 3.75. The van der Waals surface area contributed by atoms with Crippen molar-refractivity contribution in [1.82, 2.24) is 10.3 Å². The molecule has 0 aliphatic heterocycles. The summed E-state index contributed by atoms with van der Waals surface area (Å²) in [5, 5.41) is 6.74. The molecule has 2 aromatic rings. The molecule has 0 saturated carbocycles. The summed E-state index contributed by atoms with van der Waals surface area (Å²) < 4.78 is 5.49. The average Bonchev–Trinajstić information content (AvgIpc) is 2.82. The molecule has 0 aliphatic rings. The Morgan fingerprint density at radius 2 is 2.26 bits per heavy atom. The Labute approximate surface area is 118 Å². The fourth-order valence-electron chi connectivity index (χ4n) is 1.86. The van der Waals surface area contributed by atoms with E-state index in [-0.39, 0.29) is 0 Å². The van der Waals surface area contributed by atoms with Crippen molar-refractivity contribution in [2.45, 2.75) is 26.8 Å². The van der Waals surface area contributed by atoms with E-state index in [2.05, 4.69) is 27.8 Å².